The summed E-state index contributed by atoms with van der Waals surface area (Å²) in [6.45, 7) is 2.79. The molecule has 2 aromatic rings. The van der Waals surface area contributed by atoms with Gasteiger partial charge in [-0.05, 0) is 56.2 Å². The molecule has 1 heterocycles. The average molecular weight is 382 g/mol. The highest BCUT2D eigenvalue weighted by atomic mass is 16.5. The molecule has 1 saturated heterocycles. The number of rotatable bonds is 6. The maximum Gasteiger partial charge on any atom is 0.263 e. The first-order valence-corrected chi connectivity index (χ1v) is 9.52. The summed E-state index contributed by atoms with van der Waals surface area (Å²) in [6.07, 6.45) is 0.952. The lowest BCUT2D eigenvalue weighted by Crippen LogP contribution is -2.48. The van der Waals surface area contributed by atoms with Crippen LogP contribution in [0.25, 0.3) is 0 Å². The fourth-order valence-corrected chi connectivity index (χ4v) is 3.32. The molecule has 1 N–H and O–H groups in total. The Bertz CT molecular complexity index is 792. The van der Waals surface area contributed by atoms with Crippen molar-refractivity contribution in [1.82, 2.24) is 4.90 Å². The van der Waals surface area contributed by atoms with Crippen molar-refractivity contribution in [3.63, 3.8) is 0 Å². The van der Waals surface area contributed by atoms with Crippen LogP contribution < -0.4 is 14.8 Å². The monoisotopic (exact) mass is 382 g/mol. The van der Waals surface area contributed by atoms with Gasteiger partial charge in [0.25, 0.3) is 5.91 Å². The first-order chi connectivity index (χ1) is 13.6. The molecule has 2 unspecified atom stereocenters. The van der Waals surface area contributed by atoms with E-state index in [0.717, 1.165) is 24.3 Å². The third kappa shape index (κ3) is 5.03. The Morgan fingerprint density at radius 2 is 1.75 bits per heavy atom. The highest BCUT2D eigenvalue weighted by Crippen LogP contribution is 2.22. The first kappa shape index (κ1) is 19.7. The molecule has 1 aliphatic rings. The van der Waals surface area contributed by atoms with Gasteiger partial charge in [-0.3, -0.25) is 9.59 Å². The van der Waals surface area contributed by atoms with Gasteiger partial charge in [0.2, 0.25) is 5.91 Å². The zero-order valence-corrected chi connectivity index (χ0v) is 16.3. The zero-order chi connectivity index (χ0) is 19.9. The third-order valence-corrected chi connectivity index (χ3v) is 4.87. The summed E-state index contributed by atoms with van der Waals surface area (Å²) in [5, 5.41) is 2.93. The van der Waals surface area contributed by atoms with Crippen LogP contribution in [0.2, 0.25) is 0 Å². The number of benzene rings is 2. The van der Waals surface area contributed by atoms with Crippen molar-refractivity contribution in [2.24, 2.45) is 5.92 Å². The van der Waals surface area contributed by atoms with Crippen molar-refractivity contribution in [2.75, 3.05) is 25.5 Å². The van der Waals surface area contributed by atoms with E-state index < -0.39 is 6.10 Å². The Kier molecular flexibility index (Phi) is 6.53. The molecule has 2 aromatic carbocycles. The van der Waals surface area contributed by atoms with Crippen LogP contribution in [-0.2, 0) is 9.59 Å². The number of hydrogen-bond donors (Lipinski definition) is 1. The summed E-state index contributed by atoms with van der Waals surface area (Å²) in [5.41, 5.74) is 0.771. The number of ether oxygens (including phenoxy) is 2. The van der Waals surface area contributed by atoms with Gasteiger partial charge in [0, 0.05) is 18.8 Å². The molecule has 0 saturated carbocycles. The molecule has 6 heteroatoms. The van der Waals surface area contributed by atoms with Gasteiger partial charge in [-0.2, -0.15) is 0 Å². The van der Waals surface area contributed by atoms with E-state index in [1.165, 1.54) is 0 Å². The van der Waals surface area contributed by atoms with Crippen molar-refractivity contribution < 1.29 is 19.1 Å². The lowest BCUT2D eigenvalue weighted by molar-refractivity contribution is -0.140. The number of anilines is 1. The maximum atomic E-state index is 12.8. The number of carbonyl (C=O) groups is 2. The number of nitrogens with one attached hydrogen (secondary N) is 1. The Morgan fingerprint density at radius 1 is 1.07 bits per heavy atom. The van der Waals surface area contributed by atoms with Crippen LogP contribution in [-0.4, -0.2) is 43.0 Å². The van der Waals surface area contributed by atoms with Crippen LogP contribution in [0.15, 0.2) is 54.6 Å². The van der Waals surface area contributed by atoms with Gasteiger partial charge in [0.1, 0.15) is 11.5 Å². The van der Waals surface area contributed by atoms with E-state index in [4.69, 9.17) is 9.47 Å². The van der Waals surface area contributed by atoms with Gasteiger partial charge < -0.3 is 19.7 Å². The topological polar surface area (TPSA) is 67.9 Å². The minimum atomic E-state index is -0.621. The highest BCUT2D eigenvalue weighted by molar-refractivity contribution is 5.93. The van der Waals surface area contributed by atoms with Crippen LogP contribution in [0.5, 0.6) is 11.5 Å². The standard InChI is InChI=1S/C22H26N2O4/c1-16(28-20-12-10-19(27-2)11-13-20)22(26)24-14-6-7-17(15-24)21(25)23-18-8-4-3-5-9-18/h3-5,8-13,16-17H,6-7,14-15H2,1-2H3,(H,23,25). The Balaban J connectivity index is 1.56. The summed E-state index contributed by atoms with van der Waals surface area (Å²) in [7, 11) is 1.60. The van der Waals surface area contributed by atoms with Crippen LogP contribution in [0.3, 0.4) is 0 Å². The lowest BCUT2D eigenvalue weighted by Gasteiger charge is -2.33. The second-order valence-electron chi connectivity index (χ2n) is 6.91. The molecule has 2 atom stereocenters. The molecule has 3 rings (SSSR count). The van der Waals surface area contributed by atoms with E-state index in [0.29, 0.717) is 18.8 Å². The number of para-hydroxylation sites is 1. The average Bonchev–Trinajstić information content (AvgIpc) is 2.74. The lowest BCUT2D eigenvalue weighted by atomic mass is 9.96. The van der Waals surface area contributed by atoms with Crippen LogP contribution >= 0.6 is 0 Å². The first-order valence-electron chi connectivity index (χ1n) is 9.52. The number of carbonyl (C=O) groups excluding carboxylic acids is 2. The van der Waals surface area contributed by atoms with Gasteiger partial charge >= 0.3 is 0 Å². The molecule has 28 heavy (non-hydrogen) atoms. The molecule has 0 spiro atoms. The molecule has 1 fully saturated rings. The second kappa shape index (κ2) is 9.26. The van der Waals surface area contributed by atoms with Gasteiger partial charge in [0.05, 0.1) is 13.0 Å². The van der Waals surface area contributed by atoms with Gasteiger partial charge in [0.15, 0.2) is 6.10 Å². The molecule has 1 aliphatic heterocycles. The molecule has 0 aliphatic carbocycles. The molecule has 0 aromatic heterocycles. The fourth-order valence-electron chi connectivity index (χ4n) is 3.32. The van der Waals surface area contributed by atoms with Crippen LogP contribution in [0.1, 0.15) is 19.8 Å². The van der Waals surface area contributed by atoms with Crippen molar-refractivity contribution >= 4 is 17.5 Å². The number of nitrogens with zero attached hydrogens (tertiary/aromatic N) is 1. The number of likely N-dealkylation sites (tertiary alicyclic amines) is 1. The van der Waals surface area contributed by atoms with Crippen molar-refractivity contribution in [2.45, 2.75) is 25.9 Å². The minimum Gasteiger partial charge on any atom is -0.497 e. The number of amides is 2. The highest BCUT2D eigenvalue weighted by Gasteiger charge is 2.31. The zero-order valence-electron chi connectivity index (χ0n) is 16.3. The van der Waals surface area contributed by atoms with Gasteiger partial charge in [-0.25, -0.2) is 0 Å². The molecule has 0 bridgehead atoms. The smallest absolute Gasteiger partial charge is 0.263 e. The molecule has 2 amide bonds. The predicted molar refractivity (Wildman–Crippen MR) is 107 cm³/mol. The van der Waals surface area contributed by atoms with Crippen molar-refractivity contribution in [3.05, 3.63) is 54.6 Å². The van der Waals surface area contributed by atoms with Crippen molar-refractivity contribution in [1.29, 1.82) is 0 Å². The molecular formula is C22H26N2O4. The normalized spacial score (nSPS) is 17.5. The van der Waals surface area contributed by atoms with Gasteiger partial charge in [-0.1, -0.05) is 18.2 Å². The fraction of sp³-hybridized carbons (Fsp3) is 0.364. The predicted octanol–water partition coefficient (Wildman–Crippen LogP) is 3.34. The van der Waals surface area contributed by atoms with Gasteiger partial charge in [-0.15, -0.1) is 0 Å². The quantitative estimate of drug-likeness (QED) is 0.832. The summed E-state index contributed by atoms with van der Waals surface area (Å²) in [5.74, 6) is 0.971. The van der Waals surface area contributed by atoms with Crippen LogP contribution in [0.4, 0.5) is 5.69 Å². The number of hydrogen-bond acceptors (Lipinski definition) is 4. The summed E-state index contributed by atoms with van der Waals surface area (Å²) in [6, 6.07) is 16.5. The van der Waals surface area contributed by atoms with E-state index in [-0.39, 0.29) is 17.7 Å². The molecule has 6 nitrogen and oxygen atoms in total. The minimum absolute atomic E-state index is 0.0487. The summed E-state index contributed by atoms with van der Waals surface area (Å²) < 4.78 is 10.9. The SMILES string of the molecule is COc1ccc(OC(C)C(=O)N2CCCC(C(=O)Nc3ccccc3)C2)cc1. The number of methoxy groups -OCH3 is 1. The Morgan fingerprint density at radius 3 is 2.43 bits per heavy atom. The Hall–Kier alpha value is -3.02. The largest absolute Gasteiger partial charge is 0.497 e. The molecule has 0 radical (unpaired) electrons. The van der Waals surface area contributed by atoms with E-state index in [1.807, 2.05) is 30.3 Å². The number of piperidine rings is 1. The maximum absolute atomic E-state index is 12.8. The molecular weight excluding hydrogens is 356 g/mol. The van der Waals surface area contributed by atoms with E-state index in [1.54, 1.807) is 43.2 Å². The second-order valence-corrected chi connectivity index (χ2v) is 6.91. The summed E-state index contributed by atoms with van der Waals surface area (Å²) in [4.78, 5) is 27.1. The van der Waals surface area contributed by atoms with E-state index >= 15 is 0 Å². The van der Waals surface area contributed by atoms with Crippen molar-refractivity contribution in [3.8, 4) is 11.5 Å². The Labute approximate surface area is 165 Å². The summed E-state index contributed by atoms with van der Waals surface area (Å²) >= 11 is 0. The molecule has 148 valence electrons. The van der Waals surface area contributed by atoms with Crippen LogP contribution in [0, 0.1) is 5.92 Å². The van der Waals surface area contributed by atoms with E-state index in [2.05, 4.69) is 5.32 Å². The third-order valence-electron chi connectivity index (χ3n) is 4.87. The van der Waals surface area contributed by atoms with E-state index in [9.17, 15) is 9.59 Å².